The van der Waals surface area contributed by atoms with Gasteiger partial charge in [-0.05, 0) is 48.6 Å². The second-order valence-electron chi connectivity index (χ2n) is 11.0. The van der Waals surface area contributed by atoms with Crippen LogP contribution in [0.15, 0.2) is 45.7 Å². The molecule has 0 unspecified atom stereocenters. The lowest BCUT2D eigenvalue weighted by Gasteiger charge is -2.54. The number of methoxy groups -OCH3 is 1. The third-order valence-electron chi connectivity index (χ3n) is 8.29. The Bertz CT molecular complexity index is 1480. The standard InChI is InChI=1S/C29H34N6O5/c1-17(36)31-20-6-7-23-19(13-20)14-22(29(38)30-10-8-26-32-25(33-40-26)9-11-39-2)28-21-12-18(16-35(23)28)15-34-24(21)4-3-5-27(34)37/h3-7,13,18,21-22,28H,8-12,14-16H2,1-2H3,(H,30,38)(H,31,36)/t18-,21+,22+,28+/m0/s1. The predicted molar refractivity (Wildman–Crippen MR) is 147 cm³/mol. The fourth-order valence-corrected chi connectivity index (χ4v) is 6.71. The Labute approximate surface area is 231 Å². The van der Waals surface area contributed by atoms with Gasteiger partial charge in [0.2, 0.25) is 17.7 Å². The predicted octanol–water partition coefficient (Wildman–Crippen LogP) is 1.90. The van der Waals surface area contributed by atoms with Gasteiger partial charge in [0.05, 0.1) is 12.5 Å². The monoisotopic (exact) mass is 546 g/mol. The van der Waals surface area contributed by atoms with E-state index in [1.165, 1.54) is 6.92 Å². The molecule has 1 saturated heterocycles. The van der Waals surface area contributed by atoms with E-state index in [9.17, 15) is 14.4 Å². The van der Waals surface area contributed by atoms with E-state index in [2.05, 4.69) is 31.7 Å². The number of rotatable bonds is 8. The van der Waals surface area contributed by atoms with Gasteiger partial charge in [-0.2, -0.15) is 4.98 Å². The third kappa shape index (κ3) is 5.01. The minimum Gasteiger partial charge on any atom is -0.384 e. The van der Waals surface area contributed by atoms with Gasteiger partial charge in [-0.15, -0.1) is 0 Å². The molecule has 4 atom stereocenters. The van der Waals surface area contributed by atoms with Crippen LogP contribution in [-0.2, 0) is 40.1 Å². The Morgan fingerprint density at radius 1 is 1.18 bits per heavy atom. The van der Waals surface area contributed by atoms with E-state index < -0.39 is 0 Å². The lowest BCUT2D eigenvalue weighted by atomic mass is 9.69. The number of nitrogens with zero attached hydrogens (tertiary/aromatic N) is 4. The first-order valence-electron chi connectivity index (χ1n) is 13.9. The summed E-state index contributed by atoms with van der Waals surface area (Å²) in [5, 5.41) is 9.96. The van der Waals surface area contributed by atoms with Gasteiger partial charge in [0.15, 0.2) is 5.82 Å². The molecule has 40 heavy (non-hydrogen) atoms. The van der Waals surface area contributed by atoms with Crippen molar-refractivity contribution in [2.45, 2.75) is 51.1 Å². The van der Waals surface area contributed by atoms with Crippen molar-refractivity contribution in [3.05, 3.63) is 69.7 Å². The maximum atomic E-state index is 13.8. The summed E-state index contributed by atoms with van der Waals surface area (Å²) in [5.74, 6) is 0.905. The number of anilines is 2. The topological polar surface area (TPSA) is 132 Å². The number of carbonyl (C=O) groups excluding carboxylic acids is 2. The molecular formula is C29H34N6O5. The van der Waals surface area contributed by atoms with Crippen LogP contribution in [0.3, 0.4) is 0 Å². The van der Waals surface area contributed by atoms with Gasteiger partial charge in [-0.1, -0.05) is 11.2 Å². The average Bonchev–Trinajstić information content (AvgIpc) is 3.39. The van der Waals surface area contributed by atoms with Crippen LogP contribution in [0.25, 0.3) is 0 Å². The lowest BCUT2D eigenvalue weighted by Crippen LogP contribution is -2.60. The molecule has 2 aromatic heterocycles. The molecule has 3 aliphatic heterocycles. The molecule has 0 radical (unpaired) electrons. The fourth-order valence-electron chi connectivity index (χ4n) is 6.71. The smallest absolute Gasteiger partial charge is 0.250 e. The van der Waals surface area contributed by atoms with Crippen LogP contribution in [0.2, 0.25) is 0 Å². The summed E-state index contributed by atoms with van der Waals surface area (Å²) in [5.41, 5.74) is 3.87. The molecule has 11 heteroatoms. The minimum atomic E-state index is -0.340. The molecule has 6 rings (SSSR count). The SMILES string of the molecule is COCCc1noc(CCNC(=O)[C@@H]2Cc3cc(NC(C)=O)ccc3N3C[C@H]4C[C@H](c5cccc(=O)n5C4)[C@H]23)n1. The number of hydrogen-bond donors (Lipinski definition) is 2. The van der Waals surface area contributed by atoms with Crippen molar-refractivity contribution in [3.8, 4) is 0 Å². The van der Waals surface area contributed by atoms with Crippen molar-refractivity contribution < 1.29 is 18.8 Å². The van der Waals surface area contributed by atoms with Crippen molar-refractivity contribution in [3.63, 3.8) is 0 Å². The molecule has 3 aromatic rings. The Morgan fingerprint density at radius 3 is 2.88 bits per heavy atom. The summed E-state index contributed by atoms with van der Waals surface area (Å²) in [6.45, 7) is 3.82. The van der Waals surface area contributed by atoms with Crippen molar-refractivity contribution in [2.75, 3.05) is 37.0 Å². The van der Waals surface area contributed by atoms with Crippen LogP contribution in [-0.4, -0.2) is 59.4 Å². The lowest BCUT2D eigenvalue weighted by molar-refractivity contribution is -0.126. The van der Waals surface area contributed by atoms with E-state index in [0.717, 1.165) is 35.6 Å². The second-order valence-corrected chi connectivity index (χ2v) is 11.0. The van der Waals surface area contributed by atoms with E-state index >= 15 is 0 Å². The number of benzene rings is 1. The van der Waals surface area contributed by atoms with E-state index in [0.29, 0.717) is 56.6 Å². The zero-order chi connectivity index (χ0) is 27.8. The van der Waals surface area contributed by atoms with Crippen molar-refractivity contribution in [2.24, 2.45) is 11.8 Å². The highest BCUT2D eigenvalue weighted by molar-refractivity contribution is 5.89. The first-order valence-corrected chi connectivity index (χ1v) is 13.9. The van der Waals surface area contributed by atoms with Gasteiger partial charge in [0, 0.05) is 81.6 Å². The van der Waals surface area contributed by atoms with Crippen molar-refractivity contribution in [1.82, 2.24) is 20.0 Å². The Balaban J connectivity index is 1.27. The molecule has 1 aromatic carbocycles. The number of carbonyl (C=O) groups is 2. The number of hydrogen-bond acceptors (Lipinski definition) is 8. The molecule has 2 bridgehead atoms. The molecule has 2 amide bonds. The summed E-state index contributed by atoms with van der Waals surface area (Å²) < 4.78 is 12.3. The Kier molecular flexibility index (Phi) is 7.14. The molecule has 5 heterocycles. The molecule has 0 aliphatic carbocycles. The fraction of sp³-hybridized carbons (Fsp3) is 0.483. The summed E-state index contributed by atoms with van der Waals surface area (Å²) in [4.78, 5) is 45.0. The van der Waals surface area contributed by atoms with Crippen molar-refractivity contribution in [1.29, 1.82) is 0 Å². The molecule has 11 nitrogen and oxygen atoms in total. The van der Waals surface area contributed by atoms with Gasteiger partial charge < -0.3 is 29.4 Å². The van der Waals surface area contributed by atoms with E-state index in [1.54, 1.807) is 13.2 Å². The maximum Gasteiger partial charge on any atom is 0.250 e. The molecule has 3 aliphatic rings. The number of fused-ring (bicyclic) bond motifs is 8. The minimum absolute atomic E-state index is 0.0160. The molecule has 1 fully saturated rings. The van der Waals surface area contributed by atoms with E-state index in [1.807, 2.05) is 28.8 Å². The molecule has 2 N–H and O–H groups in total. The highest BCUT2D eigenvalue weighted by Crippen LogP contribution is 2.48. The first-order chi connectivity index (χ1) is 19.4. The number of ether oxygens (including phenoxy) is 1. The largest absolute Gasteiger partial charge is 0.384 e. The quantitative estimate of drug-likeness (QED) is 0.438. The molecular weight excluding hydrogens is 512 g/mol. The van der Waals surface area contributed by atoms with Crippen LogP contribution in [0.5, 0.6) is 0 Å². The van der Waals surface area contributed by atoms with Gasteiger partial charge in [-0.3, -0.25) is 14.4 Å². The van der Waals surface area contributed by atoms with Crippen molar-refractivity contribution >= 4 is 23.2 Å². The summed E-state index contributed by atoms with van der Waals surface area (Å²) >= 11 is 0. The van der Waals surface area contributed by atoms with Crippen LogP contribution >= 0.6 is 0 Å². The Morgan fingerprint density at radius 2 is 2.05 bits per heavy atom. The number of aromatic nitrogens is 3. The molecule has 0 saturated carbocycles. The third-order valence-corrected chi connectivity index (χ3v) is 8.29. The van der Waals surface area contributed by atoms with Crippen LogP contribution in [0, 0.1) is 11.8 Å². The summed E-state index contributed by atoms with van der Waals surface area (Å²) in [7, 11) is 1.62. The number of nitrogens with one attached hydrogen (secondary N) is 2. The number of piperidine rings is 1. The summed E-state index contributed by atoms with van der Waals surface area (Å²) in [6, 6.07) is 11.3. The van der Waals surface area contributed by atoms with Crippen LogP contribution in [0.4, 0.5) is 11.4 Å². The zero-order valence-corrected chi connectivity index (χ0v) is 22.8. The maximum absolute atomic E-state index is 13.8. The van der Waals surface area contributed by atoms with Gasteiger partial charge in [0.25, 0.3) is 5.56 Å². The van der Waals surface area contributed by atoms with Gasteiger partial charge >= 0.3 is 0 Å². The highest BCUT2D eigenvalue weighted by Gasteiger charge is 2.49. The second kappa shape index (κ2) is 10.9. The molecule has 0 spiro atoms. The van der Waals surface area contributed by atoms with E-state index in [-0.39, 0.29) is 35.3 Å². The normalized spacial score (nSPS) is 22.6. The van der Waals surface area contributed by atoms with Gasteiger partial charge in [-0.25, -0.2) is 0 Å². The highest BCUT2D eigenvalue weighted by atomic mass is 16.5. The zero-order valence-electron chi connectivity index (χ0n) is 22.8. The average molecular weight is 547 g/mol. The number of pyridine rings is 1. The van der Waals surface area contributed by atoms with Gasteiger partial charge in [0.1, 0.15) is 0 Å². The number of amides is 2. The van der Waals surface area contributed by atoms with E-state index in [4.69, 9.17) is 9.26 Å². The Hall–Kier alpha value is -3.99. The summed E-state index contributed by atoms with van der Waals surface area (Å²) in [6.07, 6.45) is 2.48. The molecule has 210 valence electrons. The van der Waals surface area contributed by atoms with Crippen LogP contribution in [0.1, 0.15) is 42.2 Å². The first kappa shape index (κ1) is 26.2. The van der Waals surface area contributed by atoms with Crippen LogP contribution < -0.4 is 21.1 Å².